The van der Waals surface area contributed by atoms with E-state index in [2.05, 4.69) is 9.97 Å². The number of rotatable bonds is 8. The number of hydrogen-bond acceptors (Lipinski definition) is 10. The van der Waals surface area contributed by atoms with E-state index in [4.69, 9.17) is 9.97 Å². The number of aromatic carboxylic acids is 4. The first-order valence-corrected chi connectivity index (χ1v) is 18.5. The minimum atomic E-state index is -1.32. The Morgan fingerprint density at radius 1 is 0.312 bits per heavy atom. The van der Waals surface area contributed by atoms with Gasteiger partial charge in [-0.1, -0.05) is 97.1 Å². The quantitative estimate of drug-likeness (QED) is 0.138. The average Bonchev–Trinajstić information content (AvgIpc) is 4.10. The summed E-state index contributed by atoms with van der Waals surface area (Å²) < 4.78 is 0. The smallest absolute Gasteiger partial charge is 0.545 e. The largest absolute Gasteiger partial charge is 1.00 e. The van der Waals surface area contributed by atoms with Gasteiger partial charge >= 0.3 is 118 Å². The fourth-order valence-corrected chi connectivity index (χ4v) is 7.51. The molecule has 3 aromatic heterocycles. The molecule has 0 saturated carbocycles. The van der Waals surface area contributed by atoms with Crippen molar-refractivity contribution in [3.8, 4) is 44.5 Å². The van der Waals surface area contributed by atoms with Gasteiger partial charge in [0, 0.05) is 44.3 Å². The third-order valence-corrected chi connectivity index (χ3v) is 10.4. The summed E-state index contributed by atoms with van der Waals surface area (Å²) in [5, 5.41) is 46.8. The molecule has 5 heterocycles. The summed E-state index contributed by atoms with van der Waals surface area (Å²) in [5.41, 5.74) is 9.58. The van der Waals surface area contributed by atoms with Crippen molar-refractivity contribution in [2.24, 2.45) is 0 Å². The Balaban J connectivity index is 0.00000193. The van der Waals surface area contributed by atoms with Crippen LogP contribution in [0.1, 0.15) is 64.2 Å². The molecule has 0 saturated heterocycles. The van der Waals surface area contributed by atoms with Crippen LogP contribution in [0.3, 0.4) is 0 Å². The minimum Gasteiger partial charge on any atom is -0.545 e. The molecule has 2 N–H and O–H groups in total. The first-order chi connectivity index (χ1) is 29.0. The molecule has 16 heteroatoms. The maximum Gasteiger partial charge on any atom is 1.00 e. The molecule has 12 nitrogen and oxygen atoms in total. The van der Waals surface area contributed by atoms with Gasteiger partial charge in [-0.3, -0.25) is 0 Å². The number of carbonyl (C=O) groups excluding carboxylic acids is 4. The summed E-state index contributed by atoms with van der Waals surface area (Å²) in [6.45, 7) is 0. The summed E-state index contributed by atoms with van der Waals surface area (Å²) in [5.74, 6) is -5.30. The molecule has 0 unspecified atom stereocenters. The Morgan fingerprint density at radius 3 is 0.672 bits per heavy atom. The number of nitrogens with one attached hydrogen (secondary N) is 2. The average molecular weight is 879 g/mol. The molecule has 64 heavy (non-hydrogen) atoms. The van der Waals surface area contributed by atoms with Crippen molar-refractivity contribution in [2.75, 3.05) is 0 Å². The molecule has 0 fully saturated rings. The summed E-state index contributed by atoms with van der Waals surface area (Å²) in [7, 11) is 0. The van der Waals surface area contributed by atoms with Gasteiger partial charge in [0.2, 0.25) is 0 Å². The molecule has 4 aromatic carbocycles. The molecule has 2 aliphatic rings. The van der Waals surface area contributed by atoms with Gasteiger partial charge in [-0.25, -0.2) is 9.97 Å². The summed E-state index contributed by atoms with van der Waals surface area (Å²) in [6, 6.07) is 32.4. The van der Waals surface area contributed by atoms with E-state index in [1.807, 2.05) is 48.6 Å². The standard InChI is InChI=1S/C48H30N4O8.4Na/c53-45(54)29-9-1-25(2-10-29)41-33-17-19-35(49-33)42(26-3-11-30(12-4-26)46(55)56)37-21-23-39(51-37)44(28-7-15-32(16-8-28)48(59)60)40-24-22-38(52-40)43(36-20-18-34(41)50-36)27-5-13-31(14-6-27)47(57)58;;;;/h1-24,49,52H,(H,53,54)(H,55,56)(H,57,58)(H,59,60);;;;/q;4*+1/p-4. The summed E-state index contributed by atoms with van der Waals surface area (Å²) >= 11 is 0. The zero-order valence-corrected chi connectivity index (χ0v) is 43.0. The van der Waals surface area contributed by atoms with Crippen LogP contribution in [0.4, 0.5) is 0 Å². The first-order valence-electron chi connectivity index (χ1n) is 18.5. The molecule has 8 bridgehead atoms. The summed E-state index contributed by atoms with van der Waals surface area (Å²) in [4.78, 5) is 64.2. The van der Waals surface area contributed by atoms with Crippen molar-refractivity contribution >= 4 is 70.2 Å². The van der Waals surface area contributed by atoms with Crippen molar-refractivity contribution in [1.29, 1.82) is 0 Å². The number of hydrogen-bond donors (Lipinski definition) is 2. The van der Waals surface area contributed by atoms with Crippen LogP contribution in [0.25, 0.3) is 90.9 Å². The zero-order valence-electron chi connectivity index (χ0n) is 35.0. The second kappa shape index (κ2) is 21.1. The van der Waals surface area contributed by atoms with Crippen LogP contribution >= 0.6 is 0 Å². The Morgan fingerprint density at radius 2 is 0.500 bits per heavy atom. The SMILES string of the molecule is O=C([O-])c1ccc(-c2c3nc(c(-c4ccc(C(=O)[O-])cc4)c4ccc([nH]4)c(-c4ccc(C(=O)[O-])cc4)c4nc(c(-c5ccc(C(=O)[O-])cc5)c5ccc2[nH]5)C=C4)C=C3)cc1.[Na+].[Na+].[Na+].[Na+]. The van der Waals surface area contributed by atoms with Gasteiger partial charge in [-0.15, -0.1) is 0 Å². The third-order valence-electron chi connectivity index (χ3n) is 10.4. The molecule has 0 radical (unpaired) electrons. The van der Waals surface area contributed by atoms with Crippen LogP contribution in [-0.2, 0) is 0 Å². The number of nitrogens with zero attached hydrogens (tertiary/aromatic N) is 2. The van der Waals surface area contributed by atoms with Crippen LogP contribution < -0.4 is 139 Å². The molecule has 2 aliphatic heterocycles. The van der Waals surface area contributed by atoms with E-state index in [1.165, 1.54) is 48.5 Å². The minimum absolute atomic E-state index is 0. The van der Waals surface area contributed by atoms with Gasteiger partial charge < -0.3 is 49.6 Å². The van der Waals surface area contributed by atoms with E-state index in [0.29, 0.717) is 89.4 Å². The molecule has 7 aromatic rings. The normalized spacial score (nSPS) is 11.0. The molecule has 9 rings (SSSR count). The van der Waals surface area contributed by atoms with E-state index in [9.17, 15) is 39.6 Å². The van der Waals surface area contributed by atoms with E-state index >= 15 is 0 Å². The Hall–Kier alpha value is -4.64. The molecule has 0 atom stereocenters. The topological polar surface area (TPSA) is 218 Å². The number of fused-ring (bicyclic) bond motifs is 8. The maximum atomic E-state index is 11.7. The Bertz CT molecular complexity index is 2780. The van der Waals surface area contributed by atoms with Gasteiger partial charge in [-0.05, 0) is 93.1 Å². The molecule has 0 spiro atoms. The fraction of sp³-hybridized carbons (Fsp3) is 0. The van der Waals surface area contributed by atoms with Crippen LogP contribution in [0.15, 0.2) is 121 Å². The maximum absolute atomic E-state index is 11.7. The fourth-order valence-electron chi connectivity index (χ4n) is 7.51. The van der Waals surface area contributed by atoms with Gasteiger partial charge in [0.05, 0.1) is 46.7 Å². The van der Waals surface area contributed by atoms with Crippen molar-refractivity contribution in [3.63, 3.8) is 0 Å². The molecule has 0 amide bonds. The van der Waals surface area contributed by atoms with E-state index < -0.39 is 23.9 Å². The second-order valence-electron chi connectivity index (χ2n) is 14.0. The number of benzene rings is 4. The Kier molecular flexibility index (Phi) is 16.6. The Labute approximate surface area is 453 Å². The number of carboxylic acids is 4. The van der Waals surface area contributed by atoms with Crippen LogP contribution in [-0.4, -0.2) is 43.8 Å². The van der Waals surface area contributed by atoms with E-state index in [1.54, 1.807) is 48.5 Å². The number of carbonyl (C=O) groups is 4. The van der Waals surface area contributed by atoms with E-state index in [0.717, 1.165) is 0 Å². The number of aromatic amines is 2. The molecular weight excluding hydrogens is 853 g/mol. The third kappa shape index (κ3) is 9.94. The monoisotopic (exact) mass is 878 g/mol. The van der Waals surface area contributed by atoms with Crippen LogP contribution in [0.2, 0.25) is 0 Å². The number of aromatic nitrogens is 4. The molecular formula is C48H26N4Na4O8. The van der Waals surface area contributed by atoms with Crippen molar-refractivity contribution in [1.82, 2.24) is 19.9 Å². The van der Waals surface area contributed by atoms with Crippen molar-refractivity contribution in [2.45, 2.75) is 0 Å². The first kappa shape index (κ1) is 50.4. The van der Waals surface area contributed by atoms with Gasteiger partial charge in [0.25, 0.3) is 0 Å². The molecule has 0 aliphatic carbocycles. The van der Waals surface area contributed by atoms with E-state index in [-0.39, 0.29) is 140 Å². The van der Waals surface area contributed by atoms with Gasteiger partial charge in [0.1, 0.15) is 0 Å². The second-order valence-corrected chi connectivity index (χ2v) is 14.0. The molecule has 290 valence electrons. The van der Waals surface area contributed by atoms with Crippen LogP contribution in [0.5, 0.6) is 0 Å². The predicted octanol–water partition coefficient (Wildman–Crippen LogP) is -7.21. The van der Waals surface area contributed by atoms with Crippen molar-refractivity contribution in [3.05, 3.63) is 166 Å². The zero-order chi connectivity index (χ0) is 41.7. The number of carboxylic acid groups (broad SMARTS) is 4. The summed E-state index contributed by atoms with van der Waals surface area (Å²) in [6.07, 6.45) is 7.33. The number of H-pyrrole nitrogens is 2. The van der Waals surface area contributed by atoms with Gasteiger partial charge in [0.15, 0.2) is 0 Å². The van der Waals surface area contributed by atoms with Crippen LogP contribution in [0, 0.1) is 0 Å². The van der Waals surface area contributed by atoms with Gasteiger partial charge in [-0.2, -0.15) is 0 Å². The van der Waals surface area contributed by atoms with Crippen molar-refractivity contribution < 1.29 is 158 Å². The predicted molar refractivity (Wildman–Crippen MR) is 218 cm³/mol.